The van der Waals surface area contributed by atoms with Gasteiger partial charge in [-0.05, 0) is 48.0 Å². The normalized spacial score (nSPS) is 11.1. The van der Waals surface area contributed by atoms with E-state index in [1.807, 2.05) is 48.5 Å². The van der Waals surface area contributed by atoms with Crippen molar-refractivity contribution in [1.29, 1.82) is 5.26 Å². The molecule has 4 rings (SSSR count). The number of carbonyl (C=O) groups is 1. The Morgan fingerprint density at radius 2 is 1.84 bits per heavy atom. The van der Waals surface area contributed by atoms with Gasteiger partial charge in [0, 0.05) is 0 Å². The maximum atomic E-state index is 12.2. The van der Waals surface area contributed by atoms with Gasteiger partial charge in [-0.3, -0.25) is 4.79 Å². The molecule has 0 bridgehead atoms. The first-order valence-corrected chi connectivity index (χ1v) is 9.89. The van der Waals surface area contributed by atoms with Crippen molar-refractivity contribution in [2.45, 2.75) is 0 Å². The Morgan fingerprint density at radius 1 is 1.09 bits per heavy atom. The lowest BCUT2D eigenvalue weighted by Gasteiger charge is -2.10. The van der Waals surface area contributed by atoms with Crippen LogP contribution in [0.4, 0.5) is 5.69 Å². The first kappa shape index (κ1) is 20.7. The third kappa shape index (κ3) is 4.77. The number of nitriles is 1. The van der Waals surface area contributed by atoms with Crippen molar-refractivity contribution in [3.05, 3.63) is 84.2 Å². The Morgan fingerprint density at radius 3 is 2.59 bits per heavy atom. The average Bonchev–Trinajstić information content (AvgIpc) is 3.26. The molecule has 0 saturated carbocycles. The number of para-hydroxylation sites is 4. The number of carbonyl (C=O) groups excluding carboxylic acids is 1. The van der Waals surface area contributed by atoms with Gasteiger partial charge in [0.2, 0.25) is 0 Å². The van der Waals surface area contributed by atoms with Crippen molar-refractivity contribution in [3.8, 4) is 17.6 Å². The van der Waals surface area contributed by atoms with E-state index in [0.717, 1.165) is 16.6 Å². The van der Waals surface area contributed by atoms with Gasteiger partial charge < -0.3 is 19.8 Å². The molecule has 0 atom stereocenters. The number of methoxy groups -OCH3 is 1. The molecule has 32 heavy (non-hydrogen) atoms. The summed E-state index contributed by atoms with van der Waals surface area (Å²) in [6.45, 7) is -0.143. The number of allylic oxidation sites excluding steroid dienone is 1. The molecule has 0 aliphatic carbocycles. The van der Waals surface area contributed by atoms with Crippen LogP contribution in [0.1, 0.15) is 11.4 Å². The van der Waals surface area contributed by atoms with Crippen LogP contribution in [0.25, 0.3) is 22.7 Å². The molecule has 1 aromatic heterocycles. The second kappa shape index (κ2) is 9.49. The molecule has 7 heteroatoms. The number of nitrogens with one attached hydrogen (secondary N) is 2. The van der Waals surface area contributed by atoms with Crippen molar-refractivity contribution in [1.82, 2.24) is 9.97 Å². The van der Waals surface area contributed by atoms with Gasteiger partial charge in [-0.1, -0.05) is 36.4 Å². The molecular weight excluding hydrogens is 404 g/mol. The van der Waals surface area contributed by atoms with Gasteiger partial charge in [-0.25, -0.2) is 4.98 Å². The average molecular weight is 424 g/mol. The van der Waals surface area contributed by atoms with Crippen molar-refractivity contribution in [3.63, 3.8) is 0 Å². The summed E-state index contributed by atoms with van der Waals surface area (Å²) < 4.78 is 10.8. The van der Waals surface area contributed by atoms with Gasteiger partial charge in [0.25, 0.3) is 5.91 Å². The molecule has 1 amide bonds. The summed E-state index contributed by atoms with van der Waals surface area (Å²) in [6.07, 6.45) is 1.75. The molecule has 158 valence electrons. The molecule has 7 nitrogen and oxygen atoms in total. The Hall–Kier alpha value is -4.57. The minimum atomic E-state index is -0.296. The topological polar surface area (TPSA) is 100 Å². The van der Waals surface area contributed by atoms with E-state index in [9.17, 15) is 10.1 Å². The highest BCUT2D eigenvalue weighted by Gasteiger charge is 2.09. The van der Waals surface area contributed by atoms with Crippen molar-refractivity contribution in [2.24, 2.45) is 0 Å². The minimum absolute atomic E-state index is 0.143. The van der Waals surface area contributed by atoms with Gasteiger partial charge in [-0.15, -0.1) is 0 Å². The maximum absolute atomic E-state index is 12.2. The lowest BCUT2D eigenvalue weighted by molar-refractivity contribution is -0.118. The molecule has 0 fully saturated rings. The number of anilines is 1. The second-order valence-corrected chi connectivity index (χ2v) is 6.88. The van der Waals surface area contributed by atoms with E-state index in [4.69, 9.17) is 9.47 Å². The summed E-state index contributed by atoms with van der Waals surface area (Å²) in [4.78, 5) is 19.8. The van der Waals surface area contributed by atoms with Crippen LogP contribution in [0.3, 0.4) is 0 Å². The lowest BCUT2D eigenvalue weighted by Crippen LogP contribution is -2.20. The standard InChI is InChI=1S/C25H20N4O3/c1-31-23-9-5-4-8-22(23)27-24(30)16-32-19-12-10-17(11-13-19)14-18(15-26)25-28-20-6-2-3-7-21(20)29-25/h2-14H,16H2,1H3,(H,27,30)(H,28,29)/b18-14-. The van der Waals surface area contributed by atoms with Gasteiger partial charge >= 0.3 is 0 Å². The molecule has 0 unspecified atom stereocenters. The lowest BCUT2D eigenvalue weighted by atomic mass is 10.1. The summed E-state index contributed by atoms with van der Waals surface area (Å²) in [5, 5.41) is 12.3. The van der Waals surface area contributed by atoms with E-state index in [-0.39, 0.29) is 12.5 Å². The van der Waals surface area contributed by atoms with Crippen LogP contribution in [0.15, 0.2) is 72.8 Å². The molecule has 1 heterocycles. The van der Waals surface area contributed by atoms with Crippen LogP contribution in [0.5, 0.6) is 11.5 Å². The van der Waals surface area contributed by atoms with Crippen molar-refractivity contribution < 1.29 is 14.3 Å². The van der Waals surface area contributed by atoms with E-state index in [1.54, 1.807) is 37.5 Å². The van der Waals surface area contributed by atoms with Gasteiger partial charge in [0.05, 0.1) is 29.4 Å². The highest BCUT2D eigenvalue weighted by atomic mass is 16.5. The highest BCUT2D eigenvalue weighted by Crippen LogP contribution is 2.23. The quantitative estimate of drug-likeness (QED) is 0.421. The Balaban J connectivity index is 1.40. The van der Waals surface area contributed by atoms with Crippen LogP contribution < -0.4 is 14.8 Å². The number of amides is 1. The van der Waals surface area contributed by atoms with Crippen molar-refractivity contribution >= 4 is 34.3 Å². The number of nitrogens with zero attached hydrogens (tertiary/aromatic N) is 2. The van der Waals surface area contributed by atoms with E-state index in [2.05, 4.69) is 21.4 Å². The van der Waals surface area contributed by atoms with Crippen LogP contribution in [-0.2, 0) is 4.79 Å². The molecule has 0 radical (unpaired) electrons. The van der Waals surface area contributed by atoms with Gasteiger partial charge in [-0.2, -0.15) is 5.26 Å². The summed E-state index contributed by atoms with van der Waals surface area (Å²) in [5.74, 6) is 1.34. The van der Waals surface area contributed by atoms with Crippen molar-refractivity contribution in [2.75, 3.05) is 19.0 Å². The second-order valence-electron chi connectivity index (χ2n) is 6.88. The highest BCUT2D eigenvalue weighted by molar-refractivity contribution is 5.93. The molecule has 0 aliphatic heterocycles. The molecule has 0 aliphatic rings. The zero-order valence-corrected chi connectivity index (χ0v) is 17.3. The maximum Gasteiger partial charge on any atom is 0.262 e. The smallest absolute Gasteiger partial charge is 0.262 e. The largest absolute Gasteiger partial charge is 0.495 e. The monoisotopic (exact) mass is 424 g/mol. The number of H-pyrrole nitrogens is 1. The van der Waals surface area contributed by atoms with E-state index >= 15 is 0 Å². The number of hydrogen-bond acceptors (Lipinski definition) is 5. The first-order valence-electron chi connectivity index (χ1n) is 9.89. The van der Waals surface area contributed by atoms with Crippen LogP contribution in [0, 0.1) is 11.3 Å². The van der Waals surface area contributed by atoms with Crippen LogP contribution in [0.2, 0.25) is 0 Å². The summed E-state index contributed by atoms with van der Waals surface area (Å²) in [6, 6.07) is 24.1. The van der Waals surface area contributed by atoms with E-state index in [0.29, 0.717) is 28.6 Å². The predicted octanol–water partition coefficient (Wildman–Crippen LogP) is 4.65. The summed E-state index contributed by atoms with van der Waals surface area (Å²) in [5.41, 5.74) is 3.50. The molecule has 0 saturated heterocycles. The van der Waals surface area contributed by atoms with Crippen LogP contribution in [-0.4, -0.2) is 29.6 Å². The fourth-order valence-corrected chi connectivity index (χ4v) is 3.14. The Kier molecular flexibility index (Phi) is 6.14. The third-order valence-electron chi connectivity index (χ3n) is 4.71. The van der Waals surface area contributed by atoms with Gasteiger partial charge in [0.1, 0.15) is 23.4 Å². The molecule has 2 N–H and O–H groups in total. The number of aromatic nitrogens is 2. The number of ether oxygens (including phenoxy) is 2. The number of hydrogen-bond donors (Lipinski definition) is 2. The SMILES string of the molecule is COc1ccccc1NC(=O)COc1ccc(/C=C(/C#N)c2nc3ccccc3[nH]2)cc1. The number of rotatable bonds is 7. The summed E-state index contributed by atoms with van der Waals surface area (Å²) in [7, 11) is 1.55. The molecule has 0 spiro atoms. The van der Waals surface area contributed by atoms with E-state index < -0.39 is 0 Å². The van der Waals surface area contributed by atoms with E-state index in [1.165, 1.54) is 0 Å². The molecular formula is C25H20N4O3. The van der Waals surface area contributed by atoms with Gasteiger partial charge in [0.15, 0.2) is 6.61 Å². The minimum Gasteiger partial charge on any atom is -0.495 e. The predicted molar refractivity (Wildman–Crippen MR) is 123 cm³/mol. The fourth-order valence-electron chi connectivity index (χ4n) is 3.14. The van der Waals surface area contributed by atoms with Crippen LogP contribution >= 0.6 is 0 Å². The zero-order chi connectivity index (χ0) is 22.3. The molecule has 4 aromatic rings. The fraction of sp³-hybridized carbons (Fsp3) is 0.0800. The number of fused-ring (bicyclic) bond motifs is 1. The number of benzene rings is 3. The number of aromatic amines is 1. The number of imidazole rings is 1. The summed E-state index contributed by atoms with van der Waals surface area (Å²) >= 11 is 0. The third-order valence-corrected chi connectivity index (χ3v) is 4.71. The Bertz CT molecular complexity index is 1280. The molecule has 3 aromatic carbocycles. The Labute approximate surface area is 184 Å². The first-order chi connectivity index (χ1) is 15.7. The zero-order valence-electron chi connectivity index (χ0n) is 17.3.